The Labute approximate surface area is 203 Å². The second-order valence-electron chi connectivity index (χ2n) is 8.53. The van der Waals surface area contributed by atoms with E-state index >= 15 is 0 Å². The second-order valence-corrected chi connectivity index (χ2v) is 8.53. The number of benzene rings is 2. The van der Waals surface area contributed by atoms with E-state index in [1.807, 2.05) is 39.0 Å². The zero-order chi connectivity index (χ0) is 24.9. The summed E-state index contributed by atoms with van der Waals surface area (Å²) in [4.78, 5) is 39.3. The molecule has 4 rings (SSSR count). The SMILES string of the molecule is CCC(C)NC(=O)c1ccc(CN2C(=O)COc3ccc(C(=O)COc4cccc(C)c4)cc32)o1. The van der Waals surface area contributed by atoms with Crippen molar-refractivity contribution in [1.82, 2.24) is 5.32 Å². The van der Waals surface area contributed by atoms with E-state index in [0.29, 0.717) is 28.5 Å². The van der Waals surface area contributed by atoms with Crippen LogP contribution in [0.2, 0.25) is 0 Å². The van der Waals surface area contributed by atoms with E-state index in [4.69, 9.17) is 13.9 Å². The van der Waals surface area contributed by atoms with Gasteiger partial charge in [0.1, 0.15) is 17.3 Å². The summed E-state index contributed by atoms with van der Waals surface area (Å²) in [7, 11) is 0. The fourth-order valence-corrected chi connectivity index (χ4v) is 3.62. The van der Waals surface area contributed by atoms with E-state index in [0.717, 1.165) is 12.0 Å². The average molecular weight is 477 g/mol. The van der Waals surface area contributed by atoms with Gasteiger partial charge in [0.05, 0.1) is 12.2 Å². The smallest absolute Gasteiger partial charge is 0.287 e. The van der Waals surface area contributed by atoms with E-state index in [-0.39, 0.29) is 49.2 Å². The number of rotatable bonds is 9. The third kappa shape index (κ3) is 5.71. The molecule has 35 heavy (non-hydrogen) atoms. The maximum absolute atomic E-state index is 12.8. The molecule has 3 aromatic rings. The standard InChI is InChI=1S/C27H28N2O6/c1-4-18(3)28-27(32)25-11-9-21(35-25)14-29-22-13-19(8-10-24(22)34-16-26(29)31)23(30)15-33-20-7-5-6-17(2)12-20/h5-13,18H,4,14-16H2,1-3H3,(H,28,32). The van der Waals surface area contributed by atoms with Gasteiger partial charge in [0.15, 0.2) is 24.8 Å². The van der Waals surface area contributed by atoms with Crippen molar-refractivity contribution in [3.05, 3.63) is 77.2 Å². The summed E-state index contributed by atoms with van der Waals surface area (Å²) in [5.41, 5.74) is 1.89. The number of carbonyl (C=O) groups is 3. The minimum absolute atomic E-state index is 0.0228. The van der Waals surface area contributed by atoms with Crippen LogP contribution < -0.4 is 19.7 Å². The lowest BCUT2D eigenvalue weighted by Gasteiger charge is -2.29. The molecule has 1 aliphatic heterocycles. The van der Waals surface area contributed by atoms with Crippen molar-refractivity contribution in [2.24, 2.45) is 0 Å². The highest BCUT2D eigenvalue weighted by Gasteiger charge is 2.28. The van der Waals surface area contributed by atoms with Gasteiger partial charge in [0, 0.05) is 11.6 Å². The molecular formula is C27H28N2O6. The topological polar surface area (TPSA) is 98.1 Å². The monoisotopic (exact) mass is 476 g/mol. The Morgan fingerprint density at radius 1 is 1.14 bits per heavy atom. The first-order chi connectivity index (χ1) is 16.8. The minimum atomic E-state index is -0.305. The molecular weight excluding hydrogens is 448 g/mol. The summed E-state index contributed by atoms with van der Waals surface area (Å²) in [6.45, 7) is 5.68. The van der Waals surface area contributed by atoms with Gasteiger partial charge in [-0.1, -0.05) is 19.1 Å². The number of hydrogen-bond acceptors (Lipinski definition) is 6. The van der Waals surface area contributed by atoms with Gasteiger partial charge in [-0.3, -0.25) is 19.3 Å². The number of Topliss-reactive ketones (excluding diaryl/α,β-unsaturated/α-hetero) is 1. The highest BCUT2D eigenvalue weighted by Crippen LogP contribution is 2.34. The number of aryl methyl sites for hydroxylation is 1. The van der Waals surface area contributed by atoms with Crippen molar-refractivity contribution in [2.75, 3.05) is 18.1 Å². The van der Waals surface area contributed by atoms with Gasteiger partial charge in [-0.25, -0.2) is 0 Å². The number of carbonyl (C=O) groups excluding carboxylic acids is 3. The zero-order valence-electron chi connectivity index (χ0n) is 20.0. The molecule has 0 saturated carbocycles. The molecule has 0 aliphatic carbocycles. The van der Waals surface area contributed by atoms with Crippen molar-refractivity contribution in [3.8, 4) is 11.5 Å². The van der Waals surface area contributed by atoms with Crippen molar-refractivity contribution >= 4 is 23.3 Å². The Morgan fingerprint density at radius 3 is 2.74 bits per heavy atom. The molecule has 1 unspecified atom stereocenters. The molecule has 1 aromatic heterocycles. The minimum Gasteiger partial charge on any atom is -0.485 e. The van der Waals surface area contributed by atoms with E-state index in [9.17, 15) is 14.4 Å². The summed E-state index contributed by atoms with van der Waals surface area (Å²) in [5, 5.41) is 2.85. The molecule has 2 amide bonds. The van der Waals surface area contributed by atoms with Crippen molar-refractivity contribution in [3.63, 3.8) is 0 Å². The molecule has 0 spiro atoms. The number of nitrogens with one attached hydrogen (secondary N) is 1. The first kappa shape index (κ1) is 24.1. The molecule has 1 N–H and O–H groups in total. The van der Waals surface area contributed by atoms with Crippen LogP contribution in [0.25, 0.3) is 0 Å². The third-order valence-corrected chi connectivity index (χ3v) is 5.77. The van der Waals surface area contributed by atoms with Crippen LogP contribution in [0.5, 0.6) is 11.5 Å². The van der Waals surface area contributed by atoms with E-state index < -0.39 is 0 Å². The van der Waals surface area contributed by atoms with Crippen molar-refractivity contribution in [2.45, 2.75) is 39.8 Å². The molecule has 8 heteroatoms. The summed E-state index contributed by atoms with van der Waals surface area (Å²) in [6.07, 6.45) is 0.801. The fraction of sp³-hybridized carbons (Fsp3) is 0.296. The van der Waals surface area contributed by atoms with Crippen molar-refractivity contribution in [1.29, 1.82) is 0 Å². The van der Waals surface area contributed by atoms with Gasteiger partial charge < -0.3 is 19.2 Å². The number of nitrogens with zero attached hydrogens (tertiary/aromatic N) is 1. The fourth-order valence-electron chi connectivity index (χ4n) is 3.62. The molecule has 2 heterocycles. The first-order valence-corrected chi connectivity index (χ1v) is 11.5. The lowest BCUT2D eigenvalue weighted by Crippen LogP contribution is -2.38. The van der Waals surface area contributed by atoms with Crippen LogP contribution in [-0.4, -0.2) is 36.9 Å². The van der Waals surface area contributed by atoms with Crippen LogP contribution in [0.1, 0.15) is 52.5 Å². The number of hydrogen-bond donors (Lipinski definition) is 1. The predicted molar refractivity (Wildman–Crippen MR) is 130 cm³/mol. The highest BCUT2D eigenvalue weighted by atomic mass is 16.5. The van der Waals surface area contributed by atoms with Crippen LogP contribution >= 0.6 is 0 Å². The van der Waals surface area contributed by atoms with Crippen LogP contribution in [0.15, 0.2) is 59.0 Å². The van der Waals surface area contributed by atoms with Gasteiger partial charge >= 0.3 is 0 Å². The van der Waals surface area contributed by atoms with Gasteiger partial charge in [0.25, 0.3) is 11.8 Å². The zero-order valence-corrected chi connectivity index (χ0v) is 20.0. The summed E-state index contributed by atoms with van der Waals surface area (Å²) >= 11 is 0. The first-order valence-electron chi connectivity index (χ1n) is 11.5. The van der Waals surface area contributed by atoms with E-state index in [1.54, 1.807) is 36.4 Å². The molecule has 1 atom stereocenters. The van der Waals surface area contributed by atoms with Gasteiger partial charge in [-0.2, -0.15) is 0 Å². The maximum atomic E-state index is 12.8. The van der Waals surface area contributed by atoms with Crippen LogP contribution in [0.4, 0.5) is 5.69 Å². The summed E-state index contributed by atoms with van der Waals surface area (Å²) < 4.78 is 16.9. The Balaban J connectivity index is 1.49. The van der Waals surface area contributed by atoms with Gasteiger partial charge in [0.2, 0.25) is 0 Å². The Bertz CT molecular complexity index is 1250. The average Bonchev–Trinajstić information content (AvgIpc) is 3.33. The molecule has 0 fully saturated rings. The lowest BCUT2D eigenvalue weighted by molar-refractivity contribution is -0.121. The number of amides is 2. The van der Waals surface area contributed by atoms with Crippen molar-refractivity contribution < 1.29 is 28.3 Å². The van der Waals surface area contributed by atoms with Gasteiger partial charge in [-0.15, -0.1) is 0 Å². The Hall–Kier alpha value is -4.07. The lowest BCUT2D eigenvalue weighted by atomic mass is 10.1. The number of furan rings is 1. The van der Waals surface area contributed by atoms with Crippen LogP contribution in [0, 0.1) is 6.92 Å². The Kier molecular flexibility index (Phi) is 7.19. The maximum Gasteiger partial charge on any atom is 0.287 e. The predicted octanol–water partition coefficient (Wildman–Crippen LogP) is 4.30. The quantitative estimate of drug-likeness (QED) is 0.463. The molecule has 0 saturated heterocycles. The van der Waals surface area contributed by atoms with Crippen LogP contribution in [0.3, 0.4) is 0 Å². The summed E-state index contributed by atoms with van der Waals surface area (Å²) in [5.74, 6) is 0.915. The van der Waals surface area contributed by atoms with Crippen LogP contribution in [-0.2, 0) is 11.3 Å². The molecule has 1 aliphatic rings. The normalized spacial score (nSPS) is 13.6. The molecule has 8 nitrogen and oxygen atoms in total. The summed E-state index contributed by atoms with van der Waals surface area (Å²) in [6, 6.07) is 15.7. The number of anilines is 1. The largest absolute Gasteiger partial charge is 0.485 e. The number of ether oxygens (including phenoxy) is 2. The number of ketones is 1. The van der Waals surface area contributed by atoms with E-state index in [1.165, 1.54) is 4.90 Å². The molecule has 0 bridgehead atoms. The molecule has 2 aromatic carbocycles. The highest BCUT2D eigenvalue weighted by molar-refractivity contribution is 6.02. The Morgan fingerprint density at radius 2 is 1.97 bits per heavy atom. The second kappa shape index (κ2) is 10.5. The van der Waals surface area contributed by atoms with Gasteiger partial charge in [-0.05, 0) is 68.3 Å². The molecule has 0 radical (unpaired) electrons. The third-order valence-electron chi connectivity index (χ3n) is 5.77. The van der Waals surface area contributed by atoms with E-state index in [2.05, 4.69) is 5.32 Å². The molecule has 182 valence electrons. The number of fused-ring (bicyclic) bond motifs is 1.